The van der Waals surface area contributed by atoms with Gasteiger partial charge in [-0.2, -0.15) is 5.10 Å². The number of nitrogens with one attached hydrogen (secondary N) is 1. The summed E-state index contributed by atoms with van der Waals surface area (Å²) in [6.45, 7) is 1.30. The first-order valence-corrected chi connectivity index (χ1v) is 12.7. The number of halogens is 2. The van der Waals surface area contributed by atoms with Gasteiger partial charge in [-0.05, 0) is 56.0 Å². The molecule has 11 heteroatoms. The third-order valence-corrected chi connectivity index (χ3v) is 8.31. The lowest BCUT2D eigenvalue weighted by molar-refractivity contribution is 0.0951. The molecule has 0 unspecified atom stereocenters. The van der Waals surface area contributed by atoms with Gasteiger partial charge in [0.05, 0.1) is 28.6 Å². The second-order valence-corrected chi connectivity index (χ2v) is 10.5. The first kappa shape index (κ1) is 22.7. The Balaban J connectivity index is 1.44. The highest BCUT2D eigenvalue weighted by Crippen LogP contribution is 2.38. The molecule has 2 fully saturated rings. The SMILES string of the molecule is O=C(NS(=O)(=O)C1CCOCC1)c1cnn2ccc(N3CCC[C@@H]3c3cc(F)ccc3F)cc12. The van der Waals surface area contributed by atoms with Crippen molar-refractivity contribution in [3.05, 3.63) is 65.5 Å². The number of hydrogen-bond acceptors (Lipinski definition) is 6. The normalized spacial score (nSPS) is 19.6. The molecule has 8 nitrogen and oxygen atoms in total. The molecular weight excluding hydrogens is 466 g/mol. The Morgan fingerprint density at radius 3 is 2.71 bits per heavy atom. The molecule has 2 aromatic heterocycles. The van der Waals surface area contributed by atoms with Crippen molar-refractivity contribution in [2.75, 3.05) is 24.7 Å². The molecule has 0 radical (unpaired) electrons. The third-order valence-electron chi connectivity index (χ3n) is 6.49. The predicted molar refractivity (Wildman–Crippen MR) is 121 cm³/mol. The minimum Gasteiger partial charge on any atom is -0.381 e. The summed E-state index contributed by atoms with van der Waals surface area (Å²) < 4.78 is 62.5. The molecule has 2 saturated heterocycles. The Labute approximate surface area is 195 Å². The Kier molecular flexibility index (Phi) is 5.98. The number of carbonyl (C=O) groups excluding carboxylic acids is 1. The van der Waals surface area contributed by atoms with Gasteiger partial charge in [-0.3, -0.25) is 4.79 Å². The van der Waals surface area contributed by atoms with Crippen LogP contribution in [-0.4, -0.2) is 48.9 Å². The maximum atomic E-state index is 14.5. The van der Waals surface area contributed by atoms with Crippen molar-refractivity contribution in [1.29, 1.82) is 0 Å². The highest BCUT2D eigenvalue weighted by Gasteiger charge is 2.32. The van der Waals surface area contributed by atoms with E-state index in [0.29, 0.717) is 50.2 Å². The fourth-order valence-corrected chi connectivity index (χ4v) is 6.09. The number of aromatic nitrogens is 2. The number of fused-ring (bicyclic) bond motifs is 1. The van der Waals surface area contributed by atoms with Crippen LogP contribution in [0, 0.1) is 11.6 Å². The van der Waals surface area contributed by atoms with E-state index in [1.807, 2.05) is 4.90 Å². The molecule has 1 N–H and O–H groups in total. The van der Waals surface area contributed by atoms with Crippen LogP contribution in [0.4, 0.5) is 14.5 Å². The molecule has 0 spiro atoms. The lowest BCUT2D eigenvalue weighted by atomic mass is 10.0. The van der Waals surface area contributed by atoms with E-state index in [9.17, 15) is 22.0 Å². The number of carbonyl (C=O) groups is 1. The molecule has 3 aromatic rings. The van der Waals surface area contributed by atoms with Gasteiger partial charge in [-0.25, -0.2) is 26.4 Å². The smallest absolute Gasteiger partial charge is 0.268 e. The van der Waals surface area contributed by atoms with Gasteiger partial charge in [0.15, 0.2) is 0 Å². The minimum atomic E-state index is -3.86. The average Bonchev–Trinajstić information content (AvgIpc) is 3.48. The van der Waals surface area contributed by atoms with Crippen molar-refractivity contribution < 1.29 is 26.7 Å². The van der Waals surface area contributed by atoms with Crippen LogP contribution in [-0.2, 0) is 14.8 Å². The molecule has 4 heterocycles. The molecule has 1 atom stereocenters. The standard InChI is InChI=1S/C23H24F2N4O4S/c24-15-3-4-20(25)18(12-15)21-2-1-8-28(21)16-5-9-29-22(13-16)19(14-26-29)23(30)27-34(31,32)17-6-10-33-11-7-17/h3-5,9,12-14,17,21H,1-2,6-8,10-11H2,(H,27,30)/t21-/m1/s1. The predicted octanol–water partition coefficient (Wildman–Crippen LogP) is 3.19. The van der Waals surface area contributed by atoms with Crippen LogP contribution >= 0.6 is 0 Å². The first-order chi connectivity index (χ1) is 16.3. The Morgan fingerprint density at radius 2 is 1.91 bits per heavy atom. The van der Waals surface area contributed by atoms with Gasteiger partial charge < -0.3 is 9.64 Å². The van der Waals surface area contributed by atoms with E-state index in [4.69, 9.17) is 4.74 Å². The summed E-state index contributed by atoms with van der Waals surface area (Å²) in [6.07, 6.45) is 5.08. The fraction of sp³-hybridized carbons (Fsp3) is 0.391. The highest BCUT2D eigenvalue weighted by atomic mass is 32.2. The molecule has 0 aliphatic carbocycles. The molecule has 5 rings (SSSR count). The highest BCUT2D eigenvalue weighted by molar-refractivity contribution is 7.90. The van der Waals surface area contributed by atoms with E-state index in [2.05, 4.69) is 9.82 Å². The Hall–Kier alpha value is -3.05. The molecule has 34 heavy (non-hydrogen) atoms. The van der Waals surface area contributed by atoms with Crippen molar-refractivity contribution in [2.24, 2.45) is 0 Å². The summed E-state index contributed by atoms with van der Waals surface area (Å²) in [5.74, 6) is -1.73. The zero-order valence-electron chi connectivity index (χ0n) is 18.3. The number of anilines is 1. The van der Waals surface area contributed by atoms with E-state index in [0.717, 1.165) is 18.6 Å². The number of nitrogens with zero attached hydrogens (tertiary/aromatic N) is 3. The van der Waals surface area contributed by atoms with Crippen LogP contribution in [0.5, 0.6) is 0 Å². The molecule has 2 aliphatic heterocycles. The van der Waals surface area contributed by atoms with E-state index in [1.165, 1.54) is 16.8 Å². The molecule has 1 amide bonds. The average molecular weight is 491 g/mol. The molecule has 180 valence electrons. The topological polar surface area (TPSA) is 93.0 Å². The third kappa shape index (κ3) is 4.25. The number of benzene rings is 1. The molecular formula is C23H24F2N4O4S. The maximum absolute atomic E-state index is 14.5. The van der Waals surface area contributed by atoms with Gasteiger partial charge in [0.25, 0.3) is 5.91 Å². The van der Waals surface area contributed by atoms with Gasteiger partial charge in [-0.15, -0.1) is 0 Å². The quantitative estimate of drug-likeness (QED) is 0.591. The molecule has 2 aliphatic rings. The van der Waals surface area contributed by atoms with Crippen molar-refractivity contribution in [3.8, 4) is 0 Å². The van der Waals surface area contributed by atoms with Crippen molar-refractivity contribution in [1.82, 2.24) is 14.3 Å². The van der Waals surface area contributed by atoms with Crippen molar-refractivity contribution >= 4 is 27.1 Å². The van der Waals surface area contributed by atoms with Crippen LogP contribution < -0.4 is 9.62 Å². The minimum absolute atomic E-state index is 0.116. The van der Waals surface area contributed by atoms with Crippen LogP contribution in [0.1, 0.15) is 47.6 Å². The summed E-state index contributed by atoms with van der Waals surface area (Å²) in [5.41, 5.74) is 1.53. The number of rotatable bonds is 5. The number of ether oxygens (including phenoxy) is 1. The van der Waals surface area contributed by atoms with E-state index < -0.39 is 32.8 Å². The fourth-order valence-electron chi connectivity index (χ4n) is 4.75. The largest absolute Gasteiger partial charge is 0.381 e. The number of amides is 1. The lowest BCUT2D eigenvalue weighted by Crippen LogP contribution is -2.41. The van der Waals surface area contributed by atoms with E-state index in [-0.39, 0.29) is 17.2 Å². The molecule has 1 aromatic carbocycles. The monoisotopic (exact) mass is 490 g/mol. The van der Waals surface area contributed by atoms with Gasteiger partial charge in [0.1, 0.15) is 11.6 Å². The van der Waals surface area contributed by atoms with Gasteiger partial charge in [0, 0.05) is 37.2 Å². The summed E-state index contributed by atoms with van der Waals surface area (Å²) in [6, 6.07) is 6.59. The van der Waals surface area contributed by atoms with Crippen LogP contribution in [0.3, 0.4) is 0 Å². The number of sulfonamides is 1. The van der Waals surface area contributed by atoms with Gasteiger partial charge in [-0.1, -0.05) is 0 Å². The van der Waals surface area contributed by atoms with Crippen LogP contribution in [0.25, 0.3) is 5.52 Å². The van der Waals surface area contributed by atoms with Gasteiger partial charge in [0.2, 0.25) is 10.0 Å². The van der Waals surface area contributed by atoms with Crippen molar-refractivity contribution in [2.45, 2.75) is 37.0 Å². The zero-order chi connectivity index (χ0) is 23.9. The Bertz CT molecular complexity index is 1340. The van der Waals surface area contributed by atoms with Crippen molar-refractivity contribution in [3.63, 3.8) is 0 Å². The van der Waals surface area contributed by atoms with E-state index >= 15 is 0 Å². The lowest BCUT2D eigenvalue weighted by Gasteiger charge is -2.27. The Morgan fingerprint density at radius 1 is 1.12 bits per heavy atom. The molecule has 0 saturated carbocycles. The summed E-state index contributed by atoms with van der Waals surface area (Å²) in [5, 5.41) is 3.48. The van der Waals surface area contributed by atoms with E-state index in [1.54, 1.807) is 18.3 Å². The summed E-state index contributed by atoms with van der Waals surface area (Å²) in [7, 11) is -3.86. The van der Waals surface area contributed by atoms with Gasteiger partial charge >= 0.3 is 0 Å². The number of pyridine rings is 1. The summed E-state index contributed by atoms with van der Waals surface area (Å²) in [4.78, 5) is 14.9. The second-order valence-electron chi connectivity index (χ2n) is 8.58. The summed E-state index contributed by atoms with van der Waals surface area (Å²) >= 11 is 0. The molecule has 0 bridgehead atoms. The first-order valence-electron chi connectivity index (χ1n) is 11.2. The van der Waals surface area contributed by atoms with Crippen LogP contribution in [0.2, 0.25) is 0 Å². The zero-order valence-corrected chi connectivity index (χ0v) is 19.1. The maximum Gasteiger partial charge on any atom is 0.268 e. The van der Waals surface area contributed by atoms with Crippen LogP contribution in [0.15, 0.2) is 42.7 Å². The number of hydrogen-bond donors (Lipinski definition) is 1. The second kappa shape index (κ2) is 8.95.